The number of benzene rings is 1. The molecule has 1 saturated heterocycles. The first-order valence-electron chi connectivity index (χ1n) is 6.87. The SMILES string of the molecule is CCNCC1CCN(c2cccc(COC)c2)C1. The lowest BCUT2D eigenvalue weighted by Crippen LogP contribution is -2.26. The molecule has 1 aliphatic heterocycles. The minimum atomic E-state index is 0.697. The first-order valence-corrected chi connectivity index (χ1v) is 6.87. The predicted octanol–water partition coefficient (Wildman–Crippen LogP) is 2.27. The molecule has 1 aromatic carbocycles. The number of nitrogens with zero attached hydrogens (tertiary/aromatic N) is 1. The summed E-state index contributed by atoms with van der Waals surface area (Å²) in [6.45, 7) is 7.42. The van der Waals surface area contributed by atoms with E-state index in [1.54, 1.807) is 7.11 Å². The maximum absolute atomic E-state index is 5.19. The summed E-state index contributed by atoms with van der Waals surface area (Å²) in [5, 5.41) is 3.45. The molecular formula is C15H24N2O. The average Bonchev–Trinajstić information content (AvgIpc) is 2.86. The molecule has 0 saturated carbocycles. The molecule has 1 heterocycles. The van der Waals surface area contributed by atoms with Crippen LogP contribution in [0.25, 0.3) is 0 Å². The van der Waals surface area contributed by atoms with Gasteiger partial charge in [0.2, 0.25) is 0 Å². The molecule has 3 heteroatoms. The van der Waals surface area contributed by atoms with Gasteiger partial charge < -0.3 is 15.0 Å². The van der Waals surface area contributed by atoms with E-state index < -0.39 is 0 Å². The molecule has 2 rings (SSSR count). The number of hydrogen-bond donors (Lipinski definition) is 1. The molecule has 0 radical (unpaired) electrons. The van der Waals surface area contributed by atoms with Crippen molar-refractivity contribution in [2.24, 2.45) is 5.92 Å². The topological polar surface area (TPSA) is 24.5 Å². The van der Waals surface area contributed by atoms with E-state index in [0.717, 1.165) is 19.0 Å². The zero-order chi connectivity index (χ0) is 12.8. The largest absolute Gasteiger partial charge is 0.380 e. The Morgan fingerprint density at radius 2 is 2.33 bits per heavy atom. The molecule has 1 fully saturated rings. The van der Waals surface area contributed by atoms with Gasteiger partial charge in [0.05, 0.1) is 6.61 Å². The van der Waals surface area contributed by atoms with Gasteiger partial charge in [-0.25, -0.2) is 0 Å². The van der Waals surface area contributed by atoms with Crippen LogP contribution in [0.2, 0.25) is 0 Å². The smallest absolute Gasteiger partial charge is 0.0713 e. The van der Waals surface area contributed by atoms with E-state index in [4.69, 9.17) is 4.74 Å². The van der Waals surface area contributed by atoms with Gasteiger partial charge in [0.25, 0.3) is 0 Å². The molecule has 1 atom stereocenters. The fraction of sp³-hybridized carbons (Fsp3) is 0.600. The van der Waals surface area contributed by atoms with Crippen molar-refractivity contribution in [3.63, 3.8) is 0 Å². The number of ether oxygens (including phenoxy) is 1. The molecule has 18 heavy (non-hydrogen) atoms. The third kappa shape index (κ3) is 3.47. The predicted molar refractivity (Wildman–Crippen MR) is 76.0 cm³/mol. The Labute approximate surface area is 110 Å². The first-order chi connectivity index (χ1) is 8.83. The molecule has 0 bridgehead atoms. The van der Waals surface area contributed by atoms with E-state index >= 15 is 0 Å². The molecule has 100 valence electrons. The van der Waals surface area contributed by atoms with Crippen LogP contribution >= 0.6 is 0 Å². The highest BCUT2D eigenvalue weighted by molar-refractivity contribution is 5.49. The maximum Gasteiger partial charge on any atom is 0.0713 e. The second-order valence-electron chi connectivity index (χ2n) is 5.01. The first kappa shape index (κ1) is 13.4. The van der Waals surface area contributed by atoms with Crippen LogP contribution in [0.3, 0.4) is 0 Å². The van der Waals surface area contributed by atoms with Crippen molar-refractivity contribution in [2.45, 2.75) is 20.0 Å². The van der Waals surface area contributed by atoms with Crippen molar-refractivity contribution < 1.29 is 4.74 Å². The van der Waals surface area contributed by atoms with Crippen molar-refractivity contribution in [1.82, 2.24) is 5.32 Å². The van der Waals surface area contributed by atoms with Crippen LogP contribution in [-0.4, -0.2) is 33.3 Å². The Hall–Kier alpha value is -1.06. The quantitative estimate of drug-likeness (QED) is 0.836. The van der Waals surface area contributed by atoms with Crippen LogP contribution < -0.4 is 10.2 Å². The van der Waals surface area contributed by atoms with Crippen molar-refractivity contribution in [3.05, 3.63) is 29.8 Å². The van der Waals surface area contributed by atoms with Crippen LogP contribution in [0.5, 0.6) is 0 Å². The normalized spacial score (nSPS) is 19.4. The van der Waals surface area contributed by atoms with Crippen molar-refractivity contribution in [1.29, 1.82) is 0 Å². The second kappa shape index (κ2) is 6.76. The van der Waals surface area contributed by atoms with Crippen molar-refractivity contribution >= 4 is 5.69 Å². The average molecular weight is 248 g/mol. The van der Waals surface area contributed by atoms with Crippen molar-refractivity contribution in [2.75, 3.05) is 38.2 Å². The zero-order valence-corrected chi connectivity index (χ0v) is 11.5. The van der Waals surface area contributed by atoms with Gasteiger partial charge in [-0.1, -0.05) is 19.1 Å². The van der Waals surface area contributed by atoms with Crippen LogP contribution in [0, 0.1) is 5.92 Å². The molecule has 1 unspecified atom stereocenters. The summed E-state index contributed by atoms with van der Waals surface area (Å²) >= 11 is 0. The van der Waals surface area contributed by atoms with Gasteiger partial charge in [-0.15, -0.1) is 0 Å². The summed E-state index contributed by atoms with van der Waals surface area (Å²) in [5.74, 6) is 0.788. The van der Waals surface area contributed by atoms with Gasteiger partial charge in [0.15, 0.2) is 0 Å². The summed E-state index contributed by atoms with van der Waals surface area (Å²) in [7, 11) is 1.75. The van der Waals surface area contributed by atoms with Gasteiger partial charge in [0, 0.05) is 25.9 Å². The lowest BCUT2D eigenvalue weighted by molar-refractivity contribution is 0.185. The summed E-state index contributed by atoms with van der Waals surface area (Å²) in [6.07, 6.45) is 1.29. The van der Waals surface area contributed by atoms with Gasteiger partial charge in [0.1, 0.15) is 0 Å². The molecule has 0 aromatic heterocycles. The summed E-state index contributed by atoms with van der Waals surface area (Å²) in [4.78, 5) is 2.49. The number of rotatable bonds is 6. The van der Waals surface area contributed by atoms with E-state index in [1.807, 2.05) is 0 Å². The number of methoxy groups -OCH3 is 1. The van der Waals surface area contributed by atoms with E-state index in [0.29, 0.717) is 6.61 Å². The molecule has 3 nitrogen and oxygen atoms in total. The zero-order valence-electron chi connectivity index (χ0n) is 11.5. The minimum absolute atomic E-state index is 0.697. The van der Waals surface area contributed by atoms with E-state index in [9.17, 15) is 0 Å². The van der Waals surface area contributed by atoms with Crippen molar-refractivity contribution in [3.8, 4) is 0 Å². The standard InChI is InChI=1S/C15H24N2O/c1-3-16-10-14-7-8-17(11-14)15-6-4-5-13(9-15)12-18-2/h4-6,9,14,16H,3,7-8,10-12H2,1-2H3. The fourth-order valence-corrected chi connectivity index (χ4v) is 2.59. The molecule has 1 N–H and O–H groups in total. The molecular weight excluding hydrogens is 224 g/mol. The van der Waals surface area contributed by atoms with Gasteiger partial charge >= 0.3 is 0 Å². The van der Waals surface area contributed by atoms with E-state index in [-0.39, 0.29) is 0 Å². The fourth-order valence-electron chi connectivity index (χ4n) is 2.59. The molecule has 0 amide bonds. The number of hydrogen-bond acceptors (Lipinski definition) is 3. The molecule has 0 spiro atoms. The Balaban J connectivity index is 1.94. The number of nitrogens with one attached hydrogen (secondary N) is 1. The van der Waals surface area contributed by atoms with Crippen LogP contribution in [0.15, 0.2) is 24.3 Å². The van der Waals surface area contributed by atoms with Gasteiger partial charge in [-0.05, 0) is 43.1 Å². The third-order valence-corrected chi connectivity index (χ3v) is 3.56. The lowest BCUT2D eigenvalue weighted by Gasteiger charge is -2.19. The van der Waals surface area contributed by atoms with E-state index in [2.05, 4.69) is 41.4 Å². The Morgan fingerprint density at radius 1 is 1.44 bits per heavy atom. The summed E-state index contributed by atoms with van der Waals surface area (Å²) < 4.78 is 5.19. The third-order valence-electron chi connectivity index (χ3n) is 3.56. The molecule has 1 aliphatic rings. The van der Waals surface area contributed by atoms with Crippen LogP contribution in [0.4, 0.5) is 5.69 Å². The Bertz CT molecular complexity index is 367. The lowest BCUT2D eigenvalue weighted by atomic mass is 10.1. The Kier molecular flexibility index (Phi) is 5.02. The molecule has 0 aliphatic carbocycles. The summed E-state index contributed by atoms with van der Waals surface area (Å²) in [6, 6.07) is 8.70. The van der Waals surface area contributed by atoms with E-state index in [1.165, 1.54) is 30.8 Å². The summed E-state index contributed by atoms with van der Waals surface area (Å²) in [5.41, 5.74) is 2.59. The molecule has 1 aromatic rings. The highest BCUT2D eigenvalue weighted by atomic mass is 16.5. The van der Waals surface area contributed by atoms with Crippen LogP contribution in [-0.2, 0) is 11.3 Å². The highest BCUT2D eigenvalue weighted by Gasteiger charge is 2.22. The van der Waals surface area contributed by atoms with Gasteiger partial charge in [-0.2, -0.15) is 0 Å². The van der Waals surface area contributed by atoms with Crippen LogP contribution in [0.1, 0.15) is 18.9 Å². The number of anilines is 1. The minimum Gasteiger partial charge on any atom is -0.380 e. The maximum atomic E-state index is 5.19. The Morgan fingerprint density at radius 3 is 3.11 bits per heavy atom. The second-order valence-corrected chi connectivity index (χ2v) is 5.01. The monoisotopic (exact) mass is 248 g/mol. The van der Waals surface area contributed by atoms with Gasteiger partial charge in [-0.3, -0.25) is 0 Å². The highest BCUT2D eigenvalue weighted by Crippen LogP contribution is 2.24.